The Bertz CT molecular complexity index is 142. The molecule has 0 atom stereocenters. The Labute approximate surface area is 41.2 Å². The lowest BCUT2D eigenvalue weighted by Gasteiger charge is -1.79. The minimum absolute atomic E-state index is 0.787. The van der Waals surface area contributed by atoms with Crippen molar-refractivity contribution in [1.29, 1.82) is 0 Å². The summed E-state index contributed by atoms with van der Waals surface area (Å²) in [6, 6.07) is 1.72. The SMILES string of the molecule is Cc1ccn(O)n1. The minimum atomic E-state index is 0.787. The Morgan fingerprint density at radius 3 is 2.71 bits per heavy atom. The van der Waals surface area contributed by atoms with E-state index in [1.807, 2.05) is 6.92 Å². The third-order valence-electron chi connectivity index (χ3n) is 0.709. The molecule has 0 aromatic carbocycles. The monoisotopic (exact) mass is 98.0 g/mol. The van der Waals surface area contributed by atoms with E-state index in [-0.39, 0.29) is 0 Å². The zero-order valence-electron chi connectivity index (χ0n) is 4.00. The van der Waals surface area contributed by atoms with Crippen molar-refractivity contribution in [3.05, 3.63) is 18.0 Å². The zero-order chi connectivity index (χ0) is 5.28. The highest BCUT2D eigenvalue weighted by Gasteiger charge is 1.84. The third kappa shape index (κ3) is 0.707. The molecule has 0 aliphatic carbocycles. The van der Waals surface area contributed by atoms with Crippen LogP contribution < -0.4 is 0 Å². The molecule has 0 radical (unpaired) electrons. The van der Waals surface area contributed by atoms with Crippen molar-refractivity contribution in [2.75, 3.05) is 0 Å². The predicted molar refractivity (Wildman–Crippen MR) is 24.1 cm³/mol. The maximum Gasteiger partial charge on any atom is 0.0667 e. The first-order valence-electron chi connectivity index (χ1n) is 2.00. The second-order valence-electron chi connectivity index (χ2n) is 1.38. The summed E-state index contributed by atoms with van der Waals surface area (Å²) >= 11 is 0. The van der Waals surface area contributed by atoms with Gasteiger partial charge in [-0.25, -0.2) is 0 Å². The summed E-state index contributed by atoms with van der Waals surface area (Å²) < 4.78 is 0. The first-order chi connectivity index (χ1) is 3.29. The van der Waals surface area contributed by atoms with Crippen molar-refractivity contribution in [3.8, 4) is 0 Å². The molecule has 0 amide bonds. The van der Waals surface area contributed by atoms with Gasteiger partial charge in [-0.3, -0.25) is 0 Å². The van der Waals surface area contributed by atoms with Gasteiger partial charge in [-0.05, 0) is 13.0 Å². The quantitative estimate of drug-likeness (QED) is 0.478. The maximum absolute atomic E-state index is 8.46. The van der Waals surface area contributed by atoms with Gasteiger partial charge in [0.1, 0.15) is 0 Å². The van der Waals surface area contributed by atoms with E-state index in [2.05, 4.69) is 5.10 Å². The summed E-state index contributed by atoms with van der Waals surface area (Å²) in [5, 5.41) is 12.0. The molecule has 1 N–H and O–H groups in total. The molecule has 3 nitrogen and oxygen atoms in total. The molecule has 0 saturated carbocycles. The van der Waals surface area contributed by atoms with Gasteiger partial charge in [0, 0.05) is 0 Å². The predicted octanol–water partition coefficient (Wildman–Crippen LogP) is 0.429. The first-order valence-corrected chi connectivity index (χ1v) is 2.00. The Kier molecular flexibility index (Phi) is 0.749. The molecule has 3 heteroatoms. The molecule has 0 aliphatic rings. The van der Waals surface area contributed by atoms with Gasteiger partial charge in [0.05, 0.1) is 11.9 Å². The van der Waals surface area contributed by atoms with Crippen molar-refractivity contribution in [1.82, 2.24) is 9.94 Å². The Morgan fingerprint density at radius 1 is 1.86 bits per heavy atom. The van der Waals surface area contributed by atoms with E-state index in [0.29, 0.717) is 0 Å². The fraction of sp³-hybridized carbons (Fsp3) is 0.250. The molecule has 1 aromatic rings. The fourth-order valence-corrected chi connectivity index (χ4v) is 0.403. The van der Waals surface area contributed by atoms with Crippen LogP contribution >= 0.6 is 0 Å². The summed E-state index contributed by atoms with van der Waals surface area (Å²) in [4.78, 5) is 0.787. The van der Waals surface area contributed by atoms with Gasteiger partial charge < -0.3 is 5.21 Å². The maximum atomic E-state index is 8.46. The number of rotatable bonds is 0. The standard InChI is InChI=1S/C4H6N2O/c1-4-2-3-6(7)5-4/h2-3,7H,1H3. The molecule has 1 heterocycles. The van der Waals surface area contributed by atoms with Crippen molar-refractivity contribution in [2.24, 2.45) is 0 Å². The molecule has 1 rings (SSSR count). The summed E-state index contributed by atoms with van der Waals surface area (Å²) in [6.07, 6.45) is 1.48. The van der Waals surface area contributed by atoms with E-state index < -0.39 is 0 Å². The zero-order valence-corrected chi connectivity index (χ0v) is 4.00. The molecule has 7 heavy (non-hydrogen) atoms. The molecule has 0 bridgehead atoms. The number of aromatic nitrogens is 2. The second kappa shape index (κ2) is 1.26. The van der Waals surface area contributed by atoms with Gasteiger partial charge in [-0.2, -0.15) is 0 Å². The summed E-state index contributed by atoms with van der Waals surface area (Å²) in [6.45, 7) is 1.81. The summed E-state index contributed by atoms with van der Waals surface area (Å²) in [5.41, 5.74) is 0.822. The van der Waals surface area contributed by atoms with Crippen LogP contribution in [0.1, 0.15) is 5.69 Å². The second-order valence-corrected chi connectivity index (χ2v) is 1.38. The average molecular weight is 98.1 g/mol. The van der Waals surface area contributed by atoms with E-state index in [4.69, 9.17) is 5.21 Å². The van der Waals surface area contributed by atoms with Crippen LogP contribution in [-0.2, 0) is 0 Å². The highest BCUT2D eigenvalue weighted by atomic mass is 16.5. The molecule has 0 unspecified atom stereocenters. The Morgan fingerprint density at radius 2 is 2.57 bits per heavy atom. The highest BCUT2D eigenvalue weighted by molar-refractivity contribution is 4.92. The van der Waals surface area contributed by atoms with Crippen LogP contribution in [0.5, 0.6) is 0 Å². The lowest BCUT2D eigenvalue weighted by atomic mass is 10.5. The molecule has 0 saturated heterocycles. The molecule has 0 fully saturated rings. The van der Waals surface area contributed by atoms with Gasteiger partial charge in [0.25, 0.3) is 0 Å². The molecule has 0 spiro atoms. The number of nitrogens with zero attached hydrogens (tertiary/aromatic N) is 2. The lowest BCUT2D eigenvalue weighted by Crippen LogP contribution is -1.88. The highest BCUT2D eigenvalue weighted by Crippen LogP contribution is 1.86. The van der Waals surface area contributed by atoms with E-state index in [0.717, 1.165) is 10.5 Å². The van der Waals surface area contributed by atoms with Crippen LogP contribution in [-0.4, -0.2) is 15.2 Å². The molecule has 1 aromatic heterocycles. The molecule has 38 valence electrons. The van der Waals surface area contributed by atoms with E-state index in [1.165, 1.54) is 6.20 Å². The fourth-order valence-electron chi connectivity index (χ4n) is 0.403. The van der Waals surface area contributed by atoms with Crippen molar-refractivity contribution in [2.45, 2.75) is 6.92 Å². The van der Waals surface area contributed by atoms with E-state index in [9.17, 15) is 0 Å². The van der Waals surface area contributed by atoms with E-state index in [1.54, 1.807) is 6.07 Å². The number of hydrogen-bond donors (Lipinski definition) is 1. The van der Waals surface area contributed by atoms with Crippen LogP contribution in [0, 0.1) is 6.92 Å². The van der Waals surface area contributed by atoms with Gasteiger partial charge in [0.15, 0.2) is 0 Å². The number of hydrogen-bond acceptors (Lipinski definition) is 2. The average Bonchev–Trinajstić information content (AvgIpc) is 1.87. The smallest absolute Gasteiger partial charge is 0.0667 e. The van der Waals surface area contributed by atoms with Crippen LogP contribution in [0.2, 0.25) is 0 Å². The largest absolute Gasteiger partial charge is 0.412 e. The summed E-state index contributed by atoms with van der Waals surface area (Å²) in [7, 11) is 0. The third-order valence-corrected chi connectivity index (χ3v) is 0.709. The first kappa shape index (κ1) is 4.18. The molecular formula is C4H6N2O. The van der Waals surface area contributed by atoms with E-state index >= 15 is 0 Å². The van der Waals surface area contributed by atoms with Crippen molar-refractivity contribution >= 4 is 0 Å². The van der Waals surface area contributed by atoms with Crippen molar-refractivity contribution in [3.63, 3.8) is 0 Å². The lowest BCUT2D eigenvalue weighted by molar-refractivity contribution is 0.148. The minimum Gasteiger partial charge on any atom is -0.412 e. The van der Waals surface area contributed by atoms with Gasteiger partial charge >= 0.3 is 0 Å². The number of aryl methyl sites for hydroxylation is 1. The topological polar surface area (TPSA) is 38.0 Å². The van der Waals surface area contributed by atoms with Gasteiger partial charge in [-0.15, -0.1) is 9.94 Å². The Hall–Kier alpha value is -0.990. The van der Waals surface area contributed by atoms with Crippen LogP contribution in [0.3, 0.4) is 0 Å². The van der Waals surface area contributed by atoms with Gasteiger partial charge in [0.2, 0.25) is 0 Å². The van der Waals surface area contributed by atoms with Crippen LogP contribution in [0.4, 0.5) is 0 Å². The summed E-state index contributed by atoms with van der Waals surface area (Å²) in [5.74, 6) is 0. The van der Waals surface area contributed by atoms with Crippen LogP contribution in [0.25, 0.3) is 0 Å². The van der Waals surface area contributed by atoms with Crippen molar-refractivity contribution < 1.29 is 5.21 Å². The normalized spacial score (nSPS) is 9.29. The molecule has 0 aliphatic heterocycles. The van der Waals surface area contributed by atoms with Crippen LogP contribution in [0.15, 0.2) is 12.3 Å². The molecular weight excluding hydrogens is 92.1 g/mol. The Balaban J connectivity index is 3.04. The van der Waals surface area contributed by atoms with Gasteiger partial charge in [-0.1, -0.05) is 0 Å².